The molecule has 0 fully saturated rings. The molecule has 0 amide bonds. The number of rotatable bonds is 4. The molecule has 0 radical (unpaired) electrons. The highest BCUT2D eigenvalue weighted by molar-refractivity contribution is 5.94. The van der Waals surface area contributed by atoms with Crippen LogP contribution in [-0.4, -0.2) is 47.5 Å². The van der Waals surface area contributed by atoms with Crippen LogP contribution in [-0.2, 0) is 22.1 Å². The van der Waals surface area contributed by atoms with Crippen molar-refractivity contribution in [1.29, 1.82) is 5.26 Å². The first kappa shape index (κ1) is 24.3. The van der Waals surface area contributed by atoms with Gasteiger partial charge in [0, 0.05) is 30.1 Å². The minimum Gasteiger partial charge on any atom is -0.483 e. The van der Waals surface area contributed by atoms with E-state index in [2.05, 4.69) is 9.98 Å². The molecule has 1 aromatic carbocycles. The molecule has 10 heteroatoms. The molecule has 2 aromatic heterocycles. The fourth-order valence-electron chi connectivity index (χ4n) is 4.22. The number of imidazole rings is 1. The van der Waals surface area contributed by atoms with E-state index in [1.807, 2.05) is 13.8 Å². The molecule has 0 N–H and O–H groups in total. The van der Waals surface area contributed by atoms with Crippen LogP contribution < -0.4 is 0 Å². The van der Waals surface area contributed by atoms with Gasteiger partial charge in [-0.1, -0.05) is 19.9 Å². The first-order chi connectivity index (χ1) is 16.7. The van der Waals surface area contributed by atoms with Crippen LogP contribution in [0.15, 0.2) is 52.7 Å². The monoisotopic (exact) mass is 483 g/mol. The van der Waals surface area contributed by atoms with Crippen LogP contribution in [0.3, 0.4) is 0 Å². The Balaban J connectivity index is 1.77. The number of halogens is 3. The molecule has 0 saturated heterocycles. The van der Waals surface area contributed by atoms with Crippen molar-refractivity contribution in [3.8, 4) is 17.2 Å². The number of benzene rings is 1. The highest BCUT2D eigenvalue weighted by Gasteiger charge is 2.35. The van der Waals surface area contributed by atoms with Crippen molar-refractivity contribution >= 4 is 17.4 Å². The zero-order chi connectivity index (χ0) is 25.3. The first-order valence-corrected chi connectivity index (χ1v) is 11.0. The highest BCUT2D eigenvalue weighted by atomic mass is 19.4. The zero-order valence-corrected chi connectivity index (χ0v) is 19.7. The normalized spacial score (nSPS) is 18.3. The number of methoxy groups -OCH3 is 2. The molecule has 35 heavy (non-hydrogen) atoms. The number of aromatic nitrogens is 2. The molecular formula is C25H24F3N5O2. The second-order valence-corrected chi connectivity index (χ2v) is 8.48. The summed E-state index contributed by atoms with van der Waals surface area (Å²) in [7, 11) is 3.09. The summed E-state index contributed by atoms with van der Waals surface area (Å²) < 4.78 is 54.2. The number of aliphatic imine (C=N–C) groups is 2. The van der Waals surface area contributed by atoms with E-state index in [0.29, 0.717) is 29.4 Å². The van der Waals surface area contributed by atoms with E-state index < -0.39 is 17.8 Å². The van der Waals surface area contributed by atoms with Gasteiger partial charge in [-0.3, -0.25) is 0 Å². The largest absolute Gasteiger partial charge is 0.483 e. The van der Waals surface area contributed by atoms with Gasteiger partial charge in [0.05, 0.1) is 31.4 Å². The maximum absolute atomic E-state index is 13.8. The Morgan fingerprint density at radius 1 is 1.06 bits per heavy atom. The highest BCUT2D eigenvalue weighted by Crippen LogP contribution is 2.39. The fraction of sp³-hybridized carbons (Fsp3) is 0.360. The van der Waals surface area contributed by atoms with Crippen LogP contribution in [0, 0.1) is 17.2 Å². The van der Waals surface area contributed by atoms with Gasteiger partial charge in [-0.25, -0.2) is 15.0 Å². The smallest absolute Gasteiger partial charge is 0.417 e. The SMILES string of the molecule is COC1=NC(C(C)C)C(OC)=NC1Cc1ccc(-c2ccc(C#N)cc2C(F)(F)F)c2nccn12. The fourth-order valence-corrected chi connectivity index (χ4v) is 4.22. The molecule has 2 unspecified atom stereocenters. The summed E-state index contributed by atoms with van der Waals surface area (Å²) in [6.45, 7) is 4.03. The van der Waals surface area contributed by atoms with E-state index in [-0.39, 0.29) is 23.1 Å². The van der Waals surface area contributed by atoms with E-state index in [0.717, 1.165) is 11.8 Å². The van der Waals surface area contributed by atoms with Gasteiger partial charge in [-0.15, -0.1) is 0 Å². The van der Waals surface area contributed by atoms with Crippen molar-refractivity contribution in [3.63, 3.8) is 0 Å². The average molecular weight is 483 g/mol. The van der Waals surface area contributed by atoms with E-state index in [1.54, 1.807) is 35.9 Å². The number of hydrogen-bond donors (Lipinski definition) is 0. The van der Waals surface area contributed by atoms with E-state index in [1.165, 1.54) is 25.4 Å². The van der Waals surface area contributed by atoms with E-state index >= 15 is 0 Å². The Kier molecular flexibility index (Phi) is 6.52. The number of nitriles is 1. The van der Waals surface area contributed by atoms with Crippen LogP contribution in [0.1, 0.15) is 30.7 Å². The molecule has 1 aliphatic rings. The zero-order valence-electron chi connectivity index (χ0n) is 19.7. The average Bonchev–Trinajstić information content (AvgIpc) is 3.33. The van der Waals surface area contributed by atoms with Crippen molar-refractivity contribution in [3.05, 3.63) is 59.5 Å². The van der Waals surface area contributed by atoms with Gasteiger partial charge in [-0.05, 0) is 35.7 Å². The number of ether oxygens (including phenoxy) is 2. The van der Waals surface area contributed by atoms with Gasteiger partial charge >= 0.3 is 6.18 Å². The first-order valence-electron chi connectivity index (χ1n) is 11.0. The maximum Gasteiger partial charge on any atom is 0.417 e. The third-order valence-corrected chi connectivity index (χ3v) is 5.92. The lowest BCUT2D eigenvalue weighted by Crippen LogP contribution is -2.38. The van der Waals surface area contributed by atoms with Gasteiger partial charge in [-0.2, -0.15) is 18.4 Å². The van der Waals surface area contributed by atoms with Gasteiger partial charge in [0.15, 0.2) is 0 Å². The second kappa shape index (κ2) is 9.41. The Hall–Kier alpha value is -3.87. The number of alkyl halides is 3. The van der Waals surface area contributed by atoms with Gasteiger partial charge in [0.2, 0.25) is 11.8 Å². The van der Waals surface area contributed by atoms with Crippen LogP contribution in [0.5, 0.6) is 0 Å². The lowest BCUT2D eigenvalue weighted by atomic mass is 9.97. The molecule has 0 bridgehead atoms. The molecule has 4 rings (SSSR count). The molecular weight excluding hydrogens is 459 g/mol. The van der Waals surface area contributed by atoms with Crippen molar-refractivity contribution in [2.24, 2.45) is 15.9 Å². The van der Waals surface area contributed by atoms with Gasteiger partial charge in [0.1, 0.15) is 17.7 Å². The quantitative estimate of drug-likeness (QED) is 0.527. The van der Waals surface area contributed by atoms with Crippen LogP contribution in [0.25, 0.3) is 16.8 Å². The summed E-state index contributed by atoms with van der Waals surface area (Å²) in [6.07, 6.45) is -1.04. The van der Waals surface area contributed by atoms with E-state index in [4.69, 9.17) is 19.7 Å². The molecule has 0 spiro atoms. The maximum atomic E-state index is 13.8. The van der Waals surface area contributed by atoms with Gasteiger partial charge in [0.25, 0.3) is 0 Å². The Morgan fingerprint density at radius 3 is 2.40 bits per heavy atom. The second-order valence-electron chi connectivity index (χ2n) is 8.48. The molecule has 182 valence electrons. The van der Waals surface area contributed by atoms with Crippen molar-refractivity contribution in [1.82, 2.24) is 9.38 Å². The lowest BCUT2D eigenvalue weighted by Gasteiger charge is -2.27. The molecule has 1 aliphatic heterocycles. The molecule has 0 saturated carbocycles. The van der Waals surface area contributed by atoms with Crippen molar-refractivity contribution in [2.75, 3.05) is 14.2 Å². The molecule has 3 aromatic rings. The summed E-state index contributed by atoms with van der Waals surface area (Å²) in [5.74, 6) is 1.14. The number of hydrogen-bond acceptors (Lipinski definition) is 6. The Bertz CT molecular complexity index is 1350. The van der Waals surface area contributed by atoms with Crippen molar-refractivity contribution < 1.29 is 22.6 Å². The molecule has 2 atom stereocenters. The summed E-state index contributed by atoms with van der Waals surface area (Å²) in [5, 5.41) is 9.07. The van der Waals surface area contributed by atoms with Crippen molar-refractivity contribution in [2.45, 2.75) is 38.5 Å². The van der Waals surface area contributed by atoms with Crippen LogP contribution >= 0.6 is 0 Å². The summed E-state index contributed by atoms with van der Waals surface area (Å²) in [4.78, 5) is 13.7. The Morgan fingerprint density at radius 2 is 1.77 bits per heavy atom. The van der Waals surface area contributed by atoms with Crippen LogP contribution in [0.2, 0.25) is 0 Å². The third-order valence-electron chi connectivity index (χ3n) is 5.92. The third kappa shape index (κ3) is 4.58. The number of pyridine rings is 1. The topological polar surface area (TPSA) is 84.3 Å². The summed E-state index contributed by atoms with van der Waals surface area (Å²) in [6, 6.07) is 7.95. The summed E-state index contributed by atoms with van der Waals surface area (Å²) >= 11 is 0. The Labute approximate surface area is 200 Å². The molecule has 0 aliphatic carbocycles. The summed E-state index contributed by atoms with van der Waals surface area (Å²) in [5.41, 5.74) is 0.439. The predicted molar refractivity (Wildman–Crippen MR) is 125 cm³/mol. The standard InChI is InChI=1S/C25H24F3N5O2/c1-14(2)21-24(35-4)31-20(23(32-21)34-3)12-16-6-8-18(22-30-9-10-33(16)22)17-7-5-15(13-29)11-19(17)25(26,27)28/h5-11,14,20-21H,12H2,1-4H3. The number of fused-ring (bicyclic) bond motifs is 1. The van der Waals surface area contributed by atoms with Gasteiger partial charge < -0.3 is 13.9 Å². The predicted octanol–water partition coefficient (Wildman–Crippen LogP) is 4.93. The molecule has 3 heterocycles. The lowest BCUT2D eigenvalue weighted by molar-refractivity contribution is -0.137. The minimum absolute atomic E-state index is 0.0458. The number of nitrogens with zero attached hydrogens (tertiary/aromatic N) is 5. The van der Waals surface area contributed by atoms with E-state index in [9.17, 15) is 13.2 Å². The van der Waals surface area contributed by atoms with Crippen LogP contribution in [0.4, 0.5) is 13.2 Å². The minimum atomic E-state index is -4.63. The molecule has 7 nitrogen and oxygen atoms in total.